The Balaban J connectivity index is 3.07. The molecule has 1 aliphatic carbocycles. The molecule has 2 unspecified atom stereocenters. The first kappa shape index (κ1) is 13.2. The second kappa shape index (κ2) is 5.48. The fraction of sp³-hybridized carbons (Fsp3) is 0.462. The van der Waals surface area contributed by atoms with Crippen molar-refractivity contribution in [2.24, 2.45) is 11.3 Å². The quantitative estimate of drug-likeness (QED) is 0.751. The van der Waals surface area contributed by atoms with Crippen molar-refractivity contribution in [3.63, 3.8) is 0 Å². The van der Waals surface area contributed by atoms with Crippen LogP contribution < -0.4 is 0 Å². The molecular weight excluding hydrogens is 268 g/mol. The molecule has 3 heteroatoms. The summed E-state index contributed by atoms with van der Waals surface area (Å²) >= 11 is 3.52. The van der Waals surface area contributed by atoms with Gasteiger partial charge in [-0.05, 0) is 30.2 Å². The third kappa shape index (κ3) is 2.29. The van der Waals surface area contributed by atoms with Gasteiger partial charge in [0, 0.05) is 5.41 Å². The highest BCUT2D eigenvalue weighted by molar-refractivity contribution is 9.11. The molecule has 16 heavy (non-hydrogen) atoms. The smallest absolute Gasteiger partial charge is 0.307 e. The second-order valence-electron chi connectivity index (χ2n) is 4.15. The van der Waals surface area contributed by atoms with E-state index in [2.05, 4.69) is 35.2 Å². The highest BCUT2D eigenvalue weighted by Crippen LogP contribution is 2.52. The molecule has 0 spiro atoms. The van der Waals surface area contributed by atoms with Crippen molar-refractivity contribution in [1.29, 1.82) is 0 Å². The summed E-state index contributed by atoms with van der Waals surface area (Å²) in [6, 6.07) is 0. The van der Waals surface area contributed by atoms with E-state index in [0.717, 1.165) is 17.3 Å². The van der Waals surface area contributed by atoms with Gasteiger partial charge in [-0.15, -0.1) is 13.2 Å². The third-order valence-corrected chi connectivity index (χ3v) is 4.38. The molecule has 0 aromatic rings. The van der Waals surface area contributed by atoms with Crippen LogP contribution in [0.5, 0.6) is 0 Å². The van der Waals surface area contributed by atoms with Crippen LogP contribution in [0.3, 0.4) is 0 Å². The fourth-order valence-corrected chi connectivity index (χ4v) is 3.31. The van der Waals surface area contributed by atoms with Gasteiger partial charge in [0.25, 0.3) is 0 Å². The van der Waals surface area contributed by atoms with Gasteiger partial charge in [-0.3, -0.25) is 4.79 Å². The summed E-state index contributed by atoms with van der Waals surface area (Å²) < 4.78 is 1.01. The lowest BCUT2D eigenvalue weighted by atomic mass is 9.71. The molecule has 1 rings (SSSR count). The molecule has 1 N–H and O–H groups in total. The predicted molar refractivity (Wildman–Crippen MR) is 69.4 cm³/mol. The molecule has 0 saturated heterocycles. The molecule has 0 bridgehead atoms. The van der Waals surface area contributed by atoms with E-state index in [4.69, 9.17) is 0 Å². The largest absolute Gasteiger partial charge is 0.481 e. The van der Waals surface area contributed by atoms with Crippen molar-refractivity contribution in [3.05, 3.63) is 35.9 Å². The maximum atomic E-state index is 11.4. The van der Waals surface area contributed by atoms with Crippen LogP contribution in [0.15, 0.2) is 35.9 Å². The fourth-order valence-electron chi connectivity index (χ4n) is 2.45. The summed E-state index contributed by atoms with van der Waals surface area (Å²) in [4.78, 5) is 11.4. The van der Waals surface area contributed by atoms with Gasteiger partial charge in [-0.25, -0.2) is 0 Å². The zero-order chi connectivity index (χ0) is 12.2. The molecule has 0 aromatic heterocycles. The van der Waals surface area contributed by atoms with Crippen molar-refractivity contribution >= 4 is 21.9 Å². The Morgan fingerprint density at radius 3 is 2.69 bits per heavy atom. The van der Waals surface area contributed by atoms with Crippen LogP contribution in [0.4, 0.5) is 0 Å². The van der Waals surface area contributed by atoms with Gasteiger partial charge in [0.15, 0.2) is 0 Å². The zero-order valence-corrected chi connectivity index (χ0v) is 10.9. The van der Waals surface area contributed by atoms with Gasteiger partial charge in [-0.2, -0.15) is 0 Å². The second-order valence-corrected chi connectivity index (χ2v) is 5.01. The van der Waals surface area contributed by atoms with Crippen molar-refractivity contribution in [2.75, 3.05) is 0 Å². The summed E-state index contributed by atoms with van der Waals surface area (Å²) in [5.41, 5.74) is -0.318. The Kier molecular flexibility index (Phi) is 4.54. The number of halogens is 1. The number of carboxylic acid groups (broad SMARTS) is 1. The molecule has 0 aliphatic heterocycles. The standard InChI is InChI=1S/C13H17BrO2/c1-3-6-10(12(15)16)13(8-4-2)9-5-7-11(13)14/h3-4,7,10H,1-2,5-6,8-9H2,(H,15,16). The average Bonchev–Trinajstić information content (AvgIpc) is 2.58. The number of rotatable bonds is 6. The number of hydrogen-bond donors (Lipinski definition) is 1. The lowest BCUT2D eigenvalue weighted by molar-refractivity contribution is -0.145. The van der Waals surface area contributed by atoms with E-state index in [-0.39, 0.29) is 5.41 Å². The minimum atomic E-state index is -0.756. The molecule has 0 fully saturated rings. The number of allylic oxidation sites excluding steroid dienone is 4. The first-order chi connectivity index (χ1) is 7.58. The van der Waals surface area contributed by atoms with E-state index >= 15 is 0 Å². The normalized spacial score (nSPS) is 25.9. The highest BCUT2D eigenvalue weighted by atomic mass is 79.9. The molecule has 0 radical (unpaired) electrons. The minimum absolute atomic E-state index is 0.318. The Labute approximate surface area is 105 Å². The first-order valence-corrected chi connectivity index (χ1v) is 6.18. The van der Waals surface area contributed by atoms with Gasteiger partial charge in [0.1, 0.15) is 0 Å². The predicted octanol–water partition coefficient (Wildman–Crippen LogP) is 3.90. The van der Waals surface area contributed by atoms with E-state index in [1.54, 1.807) is 12.2 Å². The van der Waals surface area contributed by atoms with Crippen LogP contribution >= 0.6 is 15.9 Å². The topological polar surface area (TPSA) is 37.3 Å². The average molecular weight is 285 g/mol. The van der Waals surface area contributed by atoms with Crippen LogP contribution in [0.25, 0.3) is 0 Å². The molecule has 0 saturated carbocycles. The van der Waals surface area contributed by atoms with E-state index in [9.17, 15) is 9.90 Å². The summed E-state index contributed by atoms with van der Waals surface area (Å²) in [7, 11) is 0. The Morgan fingerprint density at radius 2 is 2.31 bits per heavy atom. The number of aliphatic carboxylic acids is 1. The maximum Gasteiger partial charge on any atom is 0.307 e. The van der Waals surface area contributed by atoms with Crippen LogP contribution in [0, 0.1) is 11.3 Å². The maximum absolute atomic E-state index is 11.4. The monoisotopic (exact) mass is 284 g/mol. The van der Waals surface area contributed by atoms with E-state index in [0.29, 0.717) is 12.8 Å². The first-order valence-electron chi connectivity index (χ1n) is 5.39. The van der Waals surface area contributed by atoms with Gasteiger partial charge in [0.05, 0.1) is 5.92 Å². The van der Waals surface area contributed by atoms with Crippen LogP contribution in [-0.4, -0.2) is 11.1 Å². The SMILES string of the molecule is C=CCC(C(=O)O)C1(CC=C)CCC=C1Br. The summed E-state index contributed by atoms with van der Waals surface area (Å²) in [6.45, 7) is 7.39. The Morgan fingerprint density at radius 1 is 1.62 bits per heavy atom. The summed E-state index contributed by atoms with van der Waals surface area (Å²) in [5.74, 6) is -1.18. The van der Waals surface area contributed by atoms with Crippen LogP contribution in [0.2, 0.25) is 0 Å². The molecule has 88 valence electrons. The van der Waals surface area contributed by atoms with Crippen LogP contribution in [-0.2, 0) is 4.79 Å². The molecule has 2 nitrogen and oxygen atoms in total. The highest BCUT2D eigenvalue weighted by Gasteiger charge is 2.45. The summed E-state index contributed by atoms with van der Waals surface area (Å²) in [6.07, 6.45) is 8.53. The third-order valence-electron chi connectivity index (χ3n) is 3.27. The molecule has 1 aliphatic rings. The van der Waals surface area contributed by atoms with E-state index < -0.39 is 11.9 Å². The van der Waals surface area contributed by atoms with Gasteiger partial charge >= 0.3 is 5.97 Å². The molecule has 0 amide bonds. The summed E-state index contributed by atoms with van der Waals surface area (Å²) in [5, 5.41) is 9.34. The lowest BCUT2D eigenvalue weighted by Gasteiger charge is -2.34. The molecule has 0 aromatic carbocycles. The van der Waals surface area contributed by atoms with Gasteiger partial charge in [-0.1, -0.05) is 34.2 Å². The zero-order valence-electron chi connectivity index (χ0n) is 9.29. The lowest BCUT2D eigenvalue weighted by Crippen LogP contribution is -2.34. The Hall–Kier alpha value is -0.830. The number of hydrogen-bond acceptors (Lipinski definition) is 1. The van der Waals surface area contributed by atoms with Crippen molar-refractivity contribution in [2.45, 2.75) is 25.7 Å². The van der Waals surface area contributed by atoms with Gasteiger partial charge in [0.2, 0.25) is 0 Å². The van der Waals surface area contributed by atoms with E-state index in [1.807, 2.05) is 0 Å². The van der Waals surface area contributed by atoms with Crippen molar-refractivity contribution in [3.8, 4) is 0 Å². The Bertz CT molecular complexity index is 333. The van der Waals surface area contributed by atoms with E-state index in [1.165, 1.54) is 0 Å². The molecule has 0 heterocycles. The van der Waals surface area contributed by atoms with Gasteiger partial charge < -0.3 is 5.11 Å². The number of carboxylic acids is 1. The molecular formula is C13H17BrO2. The minimum Gasteiger partial charge on any atom is -0.481 e. The molecule has 2 atom stereocenters. The van der Waals surface area contributed by atoms with Crippen molar-refractivity contribution in [1.82, 2.24) is 0 Å². The number of carbonyl (C=O) groups is 1. The van der Waals surface area contributed by atoms with Crippen molar-refractivity contribution < 1.29 is 9.90 Å². The van der Waals surface area contributed by atoms with Crippen LogP contribution in [0.1, 0.15) is 25.7 Å².